The van der Waals surface area contributed by atoms with Gasteiger partial charge in [-0.25, -0.2) is 0 Å². The molecule has 0 fully saturated rings. The van der Waals surface area contributed by atoms with Gasteiger partial charge in [0, 0.05) is 6.07 Å². The maximum Gasteiger partial charge on any atom is 0.311 e. The molecule has 0 aliphatic rings. The second-order valence-corrected chi connectivity index (χ2v) is 4.50. The Bertz CT molecular complexity index is 679. The lowest BCUT2D eigenvalue weighted by Gasteiger charge is -2.09. The molecule has 2 rings (SSSR count). The van der Waals surface area contributed by atoms with Crippen LogP contribution in [0, 0.1) is 17.0 Å². The van der Waals surface area contributed by atoms with Crippen molar-refractivity contribution in [2.24, 2.45) is 0 Å². The molecule has 0 aromatic heterocycles. The highest BCUT2D eigenvalue weighted by Gasteiger charge is 2.17. The van der Waals surface area contributed by atoms with Crippen LogP contribution in [0.15, 0.2) is 42.5 Å². The van der Waals surface area contributed by atoms with Gasteiger partial charge in [-0.2, -0.15) is 0 Å². The van der Waals surface area contributed by atoms with E-state index in [-0.39, 0.29) is 17.9 Å². The Balaban J connectivity index is 2.26. The number of benzene rings is 2. The van der Waals surface area contributed by atoms with Crippen LogP contribution in [-0.4, -0.2) is 16.0 Å². The number of carboxylic acid groups (broad SMARTS) is 1. The molecule has 2 aromatic rings. The molecule has 0 atom stereocenters. The monoisotopic (exact) mass is 287 g/mol. The number of ether oxygens (including phenoxy) is 1. The minimum atomic E-state index is -0.918. The minimum absolute atomic E-state index is 0.0786. The second kappa shape index (κ2) is 6.04. The fourth-order valence-corrected chi connectivity index (χ4v) is 1.88. The number of nitrogens with zero attached hydrogens (tertiary/aromatic N) is 1. The molecule has 0 saturated heterocycles. The molecule has 0 radical (unpaired) electrons. The quantitative estimate of drug-likeness (QED) is 0.673. The van der Waals surface area contributed by atoms with Gasteiger partial charge < -0.3 is 9.84 Å². The van der Waals surface area contributed by atoms with E-state index in [1.54, 1.807) is 43.3 Å². The van der Waals surface area contributed by atoms with E-state index in [0.29, 0.717) is 16.9 Å². The van der Waals surface area contributed by atoms with E-state index in [1.807, 2.05) is 0 Å². The van der Waals surface area contributed by atoms with Crippen LogP contribution in [0.4, 0.5) is 5.69 Å². The van der Waals surface area contributed by atoms with Gasteiger partial charge in [-0.3, -0.25) is 14.9 Å². The van der Waals surface area contributed by atoms with Crippen LogP contribution in [-0.2, 0) is 11.2 Å². The highest BCUT2D eigenvalue weighted by Crippen LogP contribution is 2.34. The van der Waals surface area contributed by atoms with Crippen molar-refractivity contribution in [3.63, 3.8) is 0 Å². The molecule has 0 amide bonds. The Morgan fingerprint density at radius 3 is 2.48 bits per heavy atom. The number of hydrogen-bond acceptors (Lipinski definition) is 4. The number of carbonyl (C=O) groups is 1. The normalized spacial score (nSPS) is 10.1. The molecule has 108 valence electrons. The van der Waals surface area contributed by atoms with Crippen molar-refractivity contribution in [1.82, 2.24) is 0 Å². The van der Waals surface area contributed by atoms with Crippen LogP contribution in [0.5, 0.6) is 11.5 Å². The summed E-state index contributed by atoms with van der Waals surface area (Å²) in [6.45, 7) is 1.72. The van der Waals surface area contributed by atoms with E-state index in [4.69, 9.17) is 9.84 Å². The largest absolute Gasteiger partial charge is 0.481 e. The van der Waals surface area contributed by atoms with E-state index < -0.39 is 10.9 Å². The summed E-state index contributed by atoms with van der Waals surface area (Å²) in [6, 6.07) is 11.1. The Morgan fingerprint density at radius 1 is 1.24 bits per heavy atom. The smallest absolute Gasteiger partial charge is 0.311 e. The molecule has 21 heavy (non-hydrogen) atoms. The molecule has 0 saturated carbocycles. The first-order valence-corrected chi connectivity index (χ1v) is 6.20. The molecule has 0 spiro atoms. The summed E-state index contributed by atoms with van der Waals surface area (Å²) in [4.78, 5) is 21.1. The van der Waals surface area contributed by atoms with Gasteiger partial charge in [0.05, 0.1) is 11.3 Å². The van der Waals surface area contributed by atoms with Gasteiger partial charge in [-0.15, -0.1) is 0 Å². The summed E-state index contributed by atoms with van der Waals surface area (Å²) in [5.74, 6) is -0.312. The molecule has 0 aliphatic carbocycles. The number of aliphatic carboxylic acids is 1. The molecule has 2 aromatic carbocycles. The Kier molecular flexibility index (Phi) is 4.18. The summed E-state index contributed by atoms with van der Waals surface area (Å²) in [7, 11) is 0. The molecule has 0 unspecified atom stereocenters. The zero-order valence-electron chi connectivity index (χ0n) is 11.3. The average molecular weight is 287 g/mol. The van der Waals surface area contributed by atoms with Crippen LogP contribution < -0.4 is 4.74 Å². The molecule has 0 bridgehead atoms. The molecule has 6 nitrogen and oxygen atoms in total. The van der Waals surface area contributed by atoms with Gasteiger partial charge in [-0.05, 0) is 30.2 Å². The number of para-hydroxylation sites is 1. The first-order chi connectivity index (χ1) is 9.97. The van der Waals surface area contributed by atoms with Gasteiger partial charge in [-0.1, -0.05) is 24.3 Å². The SMILES string of the molecule is Cc1cccc([N+](=O)[O-])c1Oc1ccc(CC(=O)O)cc1. The van der Waals surface area contributed by atoms with Crippen molar-refractivity contribution >= 4 is 11.7 Å². The summed E-state index contributed by atoms with van der Waals surface area (Å²) in [5.41, 5.74) is 1.18. The van der Waals surface area contributed by atoms with Crippen molar-refractivity contribution in [3.05, 3.63) is 63.7 Å². The van der Waals surface area contributed by atoms with E-state index in [0.717, 1.165) is 0 Å². The third-order valence-corrected chi connectivity index (χ3v) is 2.89. The van der Waals surface area contributed by atoms with Crippen molar-refractivity contribution in [1.29, 1.82) is 0 Å². The predicted molar refractivity (Wildman–Crippen MR) is 75.7 cm³/mol. The Hall–Kier alpha value is -2.89. The predicted octanol–water partition coefficient (Wildman–Crippen LogP) is 3.32. The van der Waals surface area contributed by atoms with Crippen molar-refractivity contribution in [2.45, 2.75) is 13.3 Å². The maximum atomic E-state index is 11.0. The molecule has 6 heteroatoms. The zero-order chi connectivity index (χ0) is 15.4. The van der Waals surface area contributed by atoms with Gasteiger partial charge in [0.15, 0.2) is 0 Å². The van der Waals surface area contributed by atoms with Crippen LogP contribution in [0.3, 0.4) is 0 Å². The topological polar surface area (TPSA) is 89.7 Å². The summed E-state index contributed by atoms with van der Waals surface area (Å²) >= 11 is 0. The lowest BCUT2D eigenvalue weighted by molar-refractivity contribution is -0.385. The maximum absolute atomic E-state index is 11.0. The summed E-state index contributed by atoms with van der Waals surface area (Å²) in [5, 5.41) is 19.7. The molecule has 0 heterocycles. The lowest BCUT2D eigenvalue weighted by Crippen LogP contribution is -2.00. The highest BCUT2D eigenvalue weighted by atomic mass is 16.6. The molecule has 0 aliphatic heterocycles. The third kappa shape index (κ3) is 3.56. The van der Waals surface area contributed by atoms with Crippen LogP contribution in [0.25, 0.3) is 0 Å². The number of carboxylic acids is 1. The molecule has 1 N–H and O–H groups in total. The zero-order valence-corrected chi connectivity index (χ0v) is 11.3. The fourth-order valence-electron chi connectivity index (χ4n) is 1.88. The fraction of sp³-hybridized carbons (Fsp3) is 0.133. The first kappa shape index (κ1) is 14.5. The molecular weight excluding hydrogens is 274 g/mol. The van der Waals surface area contributed by atoms with Gasteiger partial charge >= 0.3 is 11.7 Å². The highest BCUT2D eigenvalue weighted by molar-refractivity contribution is 5.70. The Morgan fingerprint density at radius 2 is 1.90 bits per heavy atom. The van der Waals surface area contributed by atoms with Crippen molar-refractivity contribution < 1.29 is 19.6 Å². The van der Waals surface area contributed by atoms with E-state index in [2.05, 4.69) is 0 Å². The summed E-state index contributed by atoms with van der Waals surface area (Å²) in [6.07, 6.45) is -0.0786. The second-order valence-electron chi connectivity index (χ2n) is 4.50. The third-order valence-electron chi connectivity index (χ3n) is 2.89. The van der Waals surface area contributed by atoms with Crippen molar-refractivity contribution in [2.75, 3.05) is 0 Å². The first-order valence-electron chi connectivity index (χ1n) is 6.20. The Labute approximate surface area is 120 Å². The van der Waals surface area contributed by atoms with E-state index in [9.17, 15) is 14.9 Å². The van der Waals surface area contributed by atoms with Crippen LogP contribution in [0.1, 0.15) is 11.1 Å². The van der Waals surface area contributed by atoms with Gasteiger partial charge in [0.25, 0.3) is 0 Å². The van der Waals surface area contributed by atoms with Crippen molar-refractivity contribution in [3.8, 4) is 11.5 Å². The number of rotatable bonds is 5. The van der Waals surface area contributed by atoms with Gasteiger partial charge in [0.2, 0.25) is 5.75 Å². The standard InChI is InChI=1S/C15H13NO5/c1-10-3-2-4-13(16(19)20)15(10)21-12-7-5-11(6-8-12)9-14(17)18/h2-8H,9H2,1H3,(H,17,18). The van der Waals surface area contributed by atoms with Gasteiger partial charge in [0.1, 0.15) is 5.75 Å². The van der Waals surface area contributed by atoms with Crippen LogP contribution in [0.2, 0.25) is 0 Å². The number of aryl methyl sites for hydroxylation is 1. The molecular formula is C15H13NO5. The van der Waals surface area contributed by atoms with E-state index in [1.165, 1.54) is 6.07 Å². The average Bonchev–Trinajstić information content (AvgIpc) is 2.42. The lowest BCUT2D eigenvalue weighted by atomic mass is 10.1. The van der Waals surface area contributed by atoms with Crippen LogP contribution >= 0.6 is 0 Å². The minimum Gasteiger partial charge on any atom is -0.481 e. The van der Waals surface area contributed by atoms with E-state index >= 15 is 0 Å². The number of nitro benzene ring substituents is 1. The number of hydrogen-bond donors (Lipinski definition) is 1. The summed E-state index contributed by atoms with van der Waals surface area (Å²) < 4.78 is 5.57. The number of nitro groups is 1.